The molecule has 0 fully saturated rings. The van der Waals surface area contributed by atoms with Gasteiger partial charge in [-0.2, -0.15) is 0 Å². The van der Waals surface area contributed by atoms with Gasteiger partial charge in [-0.15, -0.1) is 0 Å². The van der Waals surface area contributed by atoms with Crippen LogP contribution in [0, 0.1) is 0 Å². The Hall–Kier alpha value is -8.47. The van der Waals surface area contributed by atoms with E-state index in [0.717, 1.165) is 77.2 Å². The number of hydrogen-bond donors (Lipinski definition) is 0. The summed E-state index contributed by atoms with van der Waals surface area (Å²) in [6.45, 7) is 0. The van der Waals surface area contributed by atoms with Crippen molar-refractivity contribution in [3.63, 3.8) is 0 Å². The van der Waals surface area contributed by atoms with Crippen LogP contribution in [0.25, 0.3) is 122 Å². The van der Waals surface area contributed by atoms with Gasteiger partial charge < -0.3 is 4.42 Å². The number of furan rings is 1. The van der Waals surface area contributed by atoms with Crippen molar-refractivity contribution in [2.75, 3.05) is 0 Å². The molecule has 0 radical (unpaired) electrons. The van der Waals surface area contributed by atoms with Gasteiger partial charge in [0, 0.05) is 27.5 Å². The minimum absolute atomic E-state index is 0.588. The summed E-state index contributed by atoms with van der Waals surface area (Å²) in [5.41, 5.74) is 13.6. The SMILES string of the molecule is c1ccc(-c2ccc3ccc(-c4nc(-c5cccc(-c6ccc(-c7ccccc7)c7ccccc67)c5)nc(-c5ccc6oc7cccc(-c8ccccc8)c7c6c5)n4)cc3c2)cc1. The van der Waals surface area contributed by atoms with Gasteiger partial charge in [0.15, 0.2) is 17.5 Å². The van der Waals surface area contributed by atoms with E-state index in [0.29, 0.717) is 17.5 Å². The standard InChI is InChI=1S/C59H37N3O/c1-4-14-38(15-5-1)42-28-26-39-27-29-45(36-47(39)34-42)58-60-57(44-21-12-20-43(35-44)49-32-31-48(40-16-6-2-7-17-40)51-22-10-11-23-52(49)51)61-59(62-58)46-30-33-54-53(37-46)56-50(24-13-25-55(56)63-54)41-18-8-3-9-19-41/h1-37H. The molecular formula is C59H37N3O. The molecule has 0 saturated carbocycles. The van der Waals surface area contributed by atoms with Gasteiger partial charge in [0.05, 0.1) is 0 Å². The van der Waals surface area contributed by atoms with Gasteiger partial charge >= 0.3 is 0 Å². The van der Waals surface area contributed by atoms with E-state index < -0.39 is 0 Å². The van der Waals surface area contributed by atoms with Crippen molar-refractivity contribution in [1.29, 1.82) is 0 Å². The summed E-state index contributed by atoms with van der Waals surface area (Å²) < 4.78 is 6.44. The van der Waals surface area contributed by atoms with Crippen LogP contribution in [-0.4, -0.2) is 15.0 Å². The van der Waals surface area contributed by atoms with Gasteiger partial charge in [-0.1, -0.05) is 182 Å². The number of benzene rings is 10. The third-order valence-electron chi connectivity index (χ3n) is 12.1. The van der Waals surface area contributed by atoms with Gasteiger partial charge in [0.1, 0.15) is 11.2 Å². The number of fused-ring (bicyclic) bond motifs is 5. The molecule has 0 N–H and O–H groups in total. The first kappa shape index (κ1) is 36.4. The third-order valence-corrected chi connectivity index (χ3v) is 12.1. The molecule has 63 heavy (non-hydrogen) atoms. The Kier molecular flexibility index (Phi) is 8.79. The van der Waals surface area contributed by atoms with E-state index in [9.17, 15) is 0 Å². The lowest BCUT2D eigenvalue weighted by Crippen LogP contribution is -2.00. The van der Waals surface area contributed by atoms with Gasteiger partial charge in [0.2, 0.25) is 0 Å². The monoisotopic (exact) mass is 803 g/mol. The molecule has 0 aliphatic rings. The first-order valence-corrected chi connectivity index (χ1v) is 21.2. The first-order valence-electron chi connectivity index (χ1n) is 21.2. The van der Waals surface area contributed by atoms with E-state index in [1.807, 2.05) is 24.3 Å². The average Bonchev–Trinajstić information content (AvgIpc) is 3.75. The van der Waals surface area contributed by atoms with Crippen molar-refractivity contribution in [3.8, 4) is 78.7 Å². The van der Waals surface area contributed by atoms with Crippen LogP contribution in [0.5, 0.6) is 0 Å². The van der Waals surface area contributed by atoms with E-state index >= 15 is 0 Å². The summed E-state index contributed by atoms with van der Waals surface area (Å²) in [4.78, 5) is 15.8. The summed E-state index contributed by atoms with van der Waals surface area (Å²) >= 11 is 0. The van der Waals surface area contributed by atoms with Crippen LogP contribution in [-0.2, 0) is 0 Å². The predicted molar refractivity (Wildman–Crippen MR) is 260 cm³/mol. The summed E-state index contributed by atoms with van der Waals surface area (Å²) in [6.07, 6.45) is 0. The topological polar surface area (TPSA) is 51.8 Å². The van der Waals surface area contributed by atoms with Crippen molar-refractivity contribution < 1.29 is 4.42 Å². The van der Waals surface area contributed by atoms with Crippen molar-refractivity contribution in [1.82, 2.24) is 15.0 Å². The van der Waals surface area contributed by atoms with Crippen molar-refractivity contribution in [2.45, 2.75) is 0 Å². The van der Waals surface area contributed by atoms with Crippen LogP contribution >= 0.6 is 0 Å². The average molecular weight is 804 g/mol. The fourth-order valence-corrected chi connectivity index (χ4v) is 9.03. The Morgan fingerprint density at radius 2 is 0.746 bits per heavy atom. The van der Waals surface area contributed by atoms with Crippen molar-refractivity contribution >= 4 is 43.5 Å². The molecule has 2 heterocycles. The minimum atomic E-state index is 0.588. The zero-order valence-electron chi connectivity index (χ0n) is 34.1. The molecule has 0 aliphatic heterocycles. The van der Waals surface area contributed by atoms with Crippen LogP contribution < -0.4 is 0 Å². The Bertz CT molecular complexity index is 3670. The zero-order chi connectivity index (χ0) is 41.7. The Labute approximate surface area is 364 Å². The fourth-order valence-electron chi connectivity index (χ4n) is 9.03. The Balaban J connectivity index is 1.03. The van der Waals surface area contributed by atoms with E-state index in [-0.39, 0.29) is 0 Å². The largest absolute Gasteiger partial charge is 0.456 e. The molecule has 0 unspecified atom stereocenters. The van der Waals surface area contributed by atoms with Crippen molar-refractivity contribution in [2.24, 2.45) is 0 Å². The smallest absolute Gasteiger partial charge is 0.164 e. The van der Waals surface area contributed by atoms with Gasteiger partial charge in [-0.25, -0.2) is 15.0 Å². The first-order chi connectivity index (χ1) is 31.2. The Morgan fingerprint density at radius 3 is 1.43 bits per heavy atom. The maximum Gasteiger partial charge on any atom is 0.164 e. The molecule has 12 aromatic rings. The summed E-state index contributed by atoms with van der Waals surface area (Å²) in [5, 5.41) is 6.74. The lowest BCUT2D eigenvalue weighted by atomic mass is 9.91. The maximum atomic E-state index is 6.44. The minimum Gasteiger partial charge on any atom is -0.456 e. The molecule has 0 bridgehead atoms. The zero-order valence-corrected chi connectivity index (χ0v) is 34.1. The molecule has 0 atom stereocenters. The molecule has 12 rings (SSSR count). The van der Waals surface area contributed by atoms with E-state index in [2.05, 4.69) is 200 Å². The molecule has 4 heteroatoms. The number of aromatic nitrogens is 3. The summed E-state index contributed by atoms with van der Waals surface area (Å²) in [7, 11) is 0. The molecule has 0 amide bonds. The van der Waals surface area contributed by atoms with E-state index in [1.165, 1.54) is 27.5 Å². The number of hydrogen-bond acceptors (Lipinski definition) is 4. The lowest BCUT2D eigenvalue weighted by Gasteiger charge is -2.13. The fraction of sp³-hybridized carbons (Fsp3) is 0. The summed E-state index contributed by atoms with van der Waals surface area (Å²) in [5.74, 6) is 1.79. The van der Waals surface area contributed by atoms with Crippen LogP contribution in [0.1, 0.15) is 0 Å². The van der Waals surface area contributed by atoms with Crippen LogP contribution in [0.4, 0.5) is 0 Å². The number of rotatable bonds is 7. The molecule has 4 nitrogen and oxygen atoms in total. The molecule has 0 aliphatic carbocycles. The van der Waals surface area contributed by atoms with Crippen LogP contribution in [0.2, 0.25) is 0 Å². The normalized spacial score (nSPS) is 11.5. The quantitative estimate of drug-likeness (QED) is 0.161. The van der Waals surface area contributed by atoms with Crippen LogP contribution in [0.3, 0.4) is 0 Å². The van der Waals surface area contributed by atoms with Crippen LogP contribution in [0.15, 0.2) is 229 Å². The second-order valence-corrected chi connectivity index (χ2v) is 16.0. The number of nitrogens with zero attached hydrogens (tertiary/aromatic N) is 3. The highest BCUT2D eigenvalue weighted by atomic mass is 16.3. The molecule has 294 valence electrons. The van der Waals surface area contributed by atoms with E-state index in [4.69, 9.17) is 19.4 Å². The molecular weight excluding hydrogens is 767 g/mol. The van der Waals surface area contributed by atoms with Crippen molar-refractivity contribution in [3.05, 3.63) is 224 Å². The molecule has 10 aromatic carbocycles. The Morgan fingerprint density at radius 1 is 0.254 bits per heavy atom. The van der Waals surface area contributed by atoms with E-state index in [1.54, 1.807) is 0 Å². The highest BCUT2D eigenvalue weighted by Gasteiger charge is 2.18. The predicted octanol–water partition coefficient (Wildman–Crippen LogP) is 15.7. The molecule has 0 spiro atoms. The van der Waals surface area contributed by atoms with Gasteiger partial charge in [-0.05, 0) is 109 Å². The molecule has 0 saturated heterocycles. The lowest BCUT2D eigenvalue weighted by molar-refractivity contribution is 0.669. The highest BCUT2D eigenvalue weighted by Crippen LogP contribution is 2.40. The second kappa shape index (κ2) is 15.2. The third kappa shape index (κ3) is 6.62. The highest BCUT2D eigenvalue weighted by molar-refractivity contribution is 6.13. The summed E-state index contributed by atoms with van der Waals surface area (Å²) in [6, 6.07) is 78.8. The second-order valence-electron chi connectivity index (χ2n) is 16.0. The maximum absolute atomic E-state index is 6.44. The molecule has 2 aromatic heterocycles. The van der Waals surface area contributed by atoms with Gasteiger partial charge in [0.25, 0.3) is 0 Å². The van der Waals surface area contributed by atoms with Gasteiger partial charge in [-0.3, -0.25) is 0 Å².